The molecule has 0 bridgehead atoms. The Hall–Kier alpha value is -3.49. The van der Waals surface area contributed by atoms with Gasteiger partial charge < -0.3 is 15.0 Å². The monoisotopic (exact) mass is 361 g/mol. The second-order valence-corrected chi connectivity index (χ2v) is 5.49. The van der Waals surface area contributed by atoms with Crippen molar-refractivity contribution in [1.82, 2.24) is 4.90 Å². The molecule has 9 heteroatoms. The maximum absolute atomic E-state index is 13.7. The molecule has 136 valence electrons. The van der Waals surface area contributed by atoms with Crippen molar-refractivity contribution >= 4 is 23.2 Å². The van der Waals surface area contributed by atoms with Crippen molar-refractivity contribution in [3.8, 4) is 5.75 Å². The SMILES string of the molecule is CN(C)C(=O)c1cccc(NC(=O)COc2ccc([N+](=O)[O-])cc2F)c1. The van der Waals surface area contributed by atoms with Gasteiger partial charge in [0.2, 0.25) is 0 Å². The minimum absolute atomic E-state index is 0.217. The normalized spacial score (nSPS) is 10.1. The number of anilines is 1. The van der Waals surface area contributed by atoms with Gasteiger partial charge in [-0.05, 0) is 24.3 Å². The average Bonchev–Trinajstić information content (AvgIpc) is 2.60. The molecule has 0 aromatic heterocycles. The van der Waals surface area contributed by atoms with Crippen molar-refractivity contribution in [2.75, 3.05) is 26.0 Å². The molecule has 2 rings (SSSR count). The van der Waals surface area contributed by atoms with E-state index in [1.165, 1.54) is 11.0 Å². The van der Waals surface area contributed by atoms with Gasteiger partial charge in [0.25, 0.3) is 17.5 Å². The fourth-order valence-electron chi connectivity index (χ4n) is 2.05. The summed E-state index contributed by atoms with van der Waals surface area (Å²) in [6.45, 7) is -0.499. The number of nitrogens with zero attached hydrogens (tertiary/aromatic N) is 2. The molecule has 2 aromatic rings. The third kappa shape index (κ3) is 4.76. The molecule has 0 aliphatic heterocycles. The van der Waals surface area contributed by atoms with Gasteiger partial charge in [0.15, 0.2) is 18.2 Å². The highest BCUT2D eigenvalue weighted by atomic mass is 19.1. The Morgan fingerprint density at radius 3 is 2.58 bits per heavy atom. The summed E-state index contributed by atoms with van der Waals surface area (Å²) in [7, 11) is 3.22. The Labute approximate surface area is 148 Å². The highest BCUT2D eigenvalue weighted by molar-refractivity contribution is 5.97. The number of halogens is 1. The zero-order chi connectivity index (χ0) is 19.3. The number of hydrogen-bond acceptors (Lipinski definition) is 5. The van der Waals surface area contributed by atoms with Gasteiger partial charge in [0.1, 0.15) is 0 Å². The second kappa shape index (κ2) is 8.06. The quantitative estimate of drug-likeness (QED) is 0.629. The highest BCUT2D eigenvalue weighted by Crippen LogP contribution is 2.22. The van der Waals surface area contributed by atoms with Crippen molar-refractivity contribution in [2.24, 2.45) is 0 Å². The van der Waals surface area contributed by atoms with Gasteiger partial charge in [0, 0.05) is 31.4 Å². The molecule has 26 heavy (non-hydrogen) atoms. The Kier molecular flexibility index (Phi) is 5.84. The summed E-state index contributed by atoms with van der Waals surface area (Å²) in [5.41, 5.74) is 0.368. The van der Waals surface area contributed by atoms with E-state index in [4.69, 9.17) is 4.74 Å². The molecule has 8 nitrogen and oxygen atoms in total. The van der Waals surface area contributed by atoms with E-state index in [2.05, 4.69) is 5.32 Å². The number of amides is 2. The lowest BCUT2D eigenvalue weighted by Crippen LogP contribution is -2.23. The minimum atomic E-state index is -0.939. The minimum Gasteiger partial charge on any atom is -0.481 e. The van der Waals surface area contributed by atoms with Crippen molar-refractivity contribution in [3.05, 3.63) is 64.0 Å². The lowest BCUT2D eigenvalue weighted by molar-refractivity contribution is -0.385. The summed E-state index contributed by atoms with van der Waals surface area (Å²) in [6, 6.07) is 9.20. The Balaban J connectivity index is 1.98. The second-order valence-electron chi connectivity index (χ2n) is 5.49. The lowest BCUT2D eigenvalue weighted by Gasteiger charge is -2.12. The molecule has 0 atom stereocenters. The molecule has 1 N–H and O–H groups in total. The van der Waals surface area contributed by atoms with Gasteiger partial charge >= 0.3 is 0 Å². The molecular weight excluding hydrogens is 345 g/mol. The standard InChI is InChI=1S/C17H16FN3O5/c1-20(2)17(23)11-4-3-5-12(8-11)19-16(22)10-26-15-7-6-13(21(24)25)9-14(15)18/h3-9H,10H2,1-2H3,(H,19,22). The smallest absolute Gasteiger partial charge is 0.272 e. The summed E-state index contributed by atoms with van der Waals surface area (Å²) in [5, 5.41) is 13.1. The Morgan fingerprint density at radius 1 is 1.23 bits per heavy atom. The third-order valence-electron chi connectivity index (χ3n) is 3.28. The highest BCUT2D eigenvalue weighted by Gasteiger charge is 2.13. The first-order chi connectivity index (χ1) is 12.3. The van der Waals surface area contributed by atoms with Crippen LogP contribution < -0.4 is 10.1 Å². The van der Waals surface area contributed by atoms with E-state index in [0.29, 0.717) is 17.3 Å². The van der Waals surface area contributed by atoms with Crippen LogP contribution in [-0.4, -0.2) is 42.3 Å². The number of ether oxygens (including phenoxy) is 1. The van der Waals surface area contributed by atoms with Crippen LogP contribution in [0, 0.1) is 15.9 Å². The molecule has 2 amide bonds. The summed E-state index contributed by atoms with van der Waals surface area (Å²) >= 11 is 0. The van der Waals surface area contributed by atoms with Crippen LogP contribution in [0.5, 0.6) is 5.75 Å². The van der Waals surface area contributed by atoms with Crippen molar-refractivity contribution in [1.29, 1.82) is 0 Å². The Bertz CT molecular complexity index is 854. The molecular formula is C17H16FN3O5. The number of nitrogens with one attached hydrogen (secondary N) is 1. The molecule has 0 saturated carbocycles. The van der Waals surface area contributed by atoms with Crippen molar-refractivity contribution in [3.63, 3.8) is 0 Å². The largest absolute Gasteiger partial charge is 0.481 e. The van der Waals surface area contributed by atoms with E-state index in [-0.39, 0.29) is 11.7 Å². The van der Waals surface area contributed by atoms with Gasteiger partial charge in [-0.2, -0.15) is 0 Å². The number of rotatable bonds is 6. The van der Waals surface area contributed by atoms with Crippen LogP contribution in [0.4, 0.5) is 15.8 Å². The fourth-order valence-corrected chi connectivity index (χ4v) is 2.05. The van der Waals surface area contributed by atoms with Gasteiger partial charge in [-0.15, -0.1) is 0 Å². The van der Waals surface area contributed by atoms with E-state index in [1.807, 2.05) is 0 Å². The average molecular weight is 361 g/mol. The van der Waals surface area contributed by atoms with Gasteiger partial charge in [-0.25, -0.2) is 4.39 Å². The Morgan fingerprint density at radius 2 is 1.96 bits per heavy atom. The van der Waals surface area contributed by atoms with Gasteiger partial charge in [-0.3, -0.25) is 19.7 Å². The third-order valence-corrected chi connectivity index (χ3v) is 3.28. The van der Waals surface area contributed by atoms with Crippen LogP contribution in [0.25, 0.3) is 0 Å². The fraction of sp³-hybridized carbons (Fsp3) is 0.176. The molecule has 0 radical (unpaired) electrons. The molecule has 0 aliphatic rings. The first-order valence-corrected chi connectivity index (χ1v) is 7.46. The van der Waals surface area contributed by atoms with E-state index >= 15 is 0 Å². The topological polar surface area (TPSA) is 102 Å². The van der Waals surface area contributed by atoms with E-state index < -0.39 is 28.9 Å². The van der Waals surface area contributed by atoms with E-state index in [1.54, 1.807) is 32.3 Å². The van der Waals surface area contributed by atoms with Crippen LogP contribution >= 0.6 is 0 Å². The van der Waals surface area contributed by atoms with Crippen LogP contribution in [0.2, 0.25) is 0 Å². The predicted octanol–water partition coefficient (Wildman–Crippen LogP) is 2.45. The molecule has 0 saturated heterocycles. The first-order valence-electron chi connectivity index (χ1n) is 7.46. The molecule has 0 spiro atoms. The number of nitro groups is 1. The zero-order valence-electron chi connectivity index (χ0n) is 14.1. The maximum Gasteiger partial charge on any atom is 0.272 e. The maximum atomic E-state index is 13.7. The molecule has 0 fully saturated rings. The number of hydrogen-bond donors (Lipinski definition) is 1. The van der Waals surface area contributed by atoms with Crippen LogP contribution in [0.15, 0.2) is 42.5 Å². The number of benzene rings is 2. The molecule has 2 aromatic carbocycles. The number of carbonyl (C=O) groups is 2. The zero-order valence-corrected chi connectivity index (χ0v) is 14.1. The number of non-ortho nitro benzene ring substituents is 1. The molecule has 0 heterocycles. The van der Waals surface area contributed by atoms with Crippen LogP contribution in [0.3, 0.4) is 0 Å². The van der Waals surface area contributed by atoms with Crippen molar-refractivity contribution < 1.29 is 23.6 Å². The lowest BCUT2D eigenvalue weighted by atomic mass is 10.2. The summed E-state index contributed by atoms with van der Waals surface area (Å²) in [4.78, 5) is 35.1. The predicted molar refractivity (Wildman–Crippen MR) is 91.6 cm³/mol. The van der Waals surface area contributed by atoms with Gasteiger partial charge in [-0.1, -0.05) is 6.07 Å². The molecule has 0 unspecified atom stereocenters. The molecule has 0 aliphatic carbocycles. The summed E-state index contributed by atoms with van der Waals surface area (Å²) in [6.07, 6.45) is 0. The number of nitro benzene ring substituents is 1. The van der Waals surface area contributed by atoms with Crippen molar-refractivity contribution in [2.45, 2.75) is 0 Å². The summed E-state index contributed by atoms with van der Waals surface area (Å²) in [5.74, 6) is -2.00. The first kappa shape index (κ1) is 18.8. The van der Waals surface area contributed by atoms with Crippen LogP contribution in [0.1, 0.15) is 10.4 Å². The van der Waals surface area contributed by atoms with E-state index in [9.17, 15) is 24.1 Å². The van der Waals surface area contributed by atoms with E-state index in [0.717, 1.165) is 12.1 Å². The number of carbonyl (C=O) groups excluding carboxylic acids is 2. The van der Waals surface area contributed by atoms with Crippen LogP contribution in [-0.2, 0) is 4.79 Å². The summed E-state index contributed by atoms with van der Waals surface area (Å²) < 4.78 is 18.7. The van der Waals surface area contributed by atoms with Gasteiger partial charge in [0.05, 0.1) is 11.0 Å².